The van der Waals surface area contributed by atoms with Crippen LogP contribution in [0.25, 0.3) is 0 Å². The molecule has 0 radical (unpaired) electrons. The quantitative estimate of drug-likeness (QED) is 0.859. The summed E-state index contributed by atoms with van der Waals surface area (Å²) in [7, 11) is 0. The van der Waals surface area contributed by atoms with Crippen molar-refractivity contribution in [1.29, 1.82) is 0 Å². The molecule has 2 aliphatic heterocycles. The van der Waals surface area contributed by atoms with E-state index < -0.39 is 6.10 Å². The van der Waals surface area contributed by atoms with Crippen molar-refractivity contribution in [3.8, 4) is 5.75 Å². The van der Waals surface area contributed by atoms with Gasteiger partial charge in [-0.25, -0.2) is 0 Å². The smallest absolute Gasteiger partial charge is 0.143 e. The number of nitrogens with zero attached hydrogens (tertiary/aromatic N) is 1. The second-order valence-electron chi connectivity index (χ2n) is 5.56. The number of para-hydroxylation sites is 1. The number of hydrogen-bond donors (Lipinski definition) is 1. The first kappa shape index (κ1) is 13.2. The molecule has 1 aromatic carbocycles. The Labute approximate surface area is 119 Å². The molecule has 0 bridgehead atoms. The van der Waals surface area contributed by atoms with E-state index in [9.17, 15) is 5.11 Å². The van der Waals surface area contributed by atoms with Crippen LogP contribution >= 0.6 is 11.6 Å². The number of rotatable bonds is 1. The van der Waals surface area contributed by atoms with Crippen molar-refractivity contribution >= 4 is 11.6 Å². The zero-order chi connectivity index (χ0) is 13.4. The van der Waals surface area contributed by atoms with Gasteiger partial charge in [0, 0.05) is 11.6 Å². The lowest BCUT2D eigenvalue weighted by Crippen LogP contribution is -2.51. The van der Waals surface area contributed by atoms with Crippen molar-refractivity contribution in [3.63, 3.8) is 0 Å². The van der Waals surface area contributed by atoms with Crippen LogP contribution in [-0.2, 0) is 0 Å². The molecule has 104 valence electrons. The predicted octanol–water partition coefficient (Wildman–Crippen LogP) is 3.01. The third kappa shape index (κ3) is 2.35. The molecule has 1 aromatic rings. The summed E-state index contributed by atoms with van der Waals surface area (Å²) < 4.78 is 5.81. The summed E-state index contributed by atoms with van der Waals surface area (Å²) in [6.07, 6.45) is 3.17. The second kappa shape index (κ2) is 5.31. The largest absolute Gasteiger partial charge is 0.490 e. The first-order chi connectivity index (χ1) is 9.18. The molecule has 3 atom stereocenters. The van der Waals surface area contributed by atoms with Gasteiger partial charge in [0.2, 0.25) is 0 Å². The van der Waals surface area contributed by atoms with E-state index in [0.717, 1.165) is 12.1 Å². The van der Waals surface area contributed by atoms with Gasteiger partial charge in [0.05, 0.1) is 11.1 Å². The number of aliphatic hydroxyl groups excluding tert-OH is 1. The Morgan fingerprint density at radius 2 is 2.21 bits per heavy atom. The molecule has 0 aromatic heterocycles. The number of halogens is 1. The molecule has 0 aliphatic carbocycles. The van der Waals surface area contributed by atoms with Crippen LogP contribution in [0, 0.1) is 0 Å². The highest BCUT2D eigenvalue weighted by atomic mass is 35.5. The SMILES string of the molecule is CC1CCCCN1C1COc2c(Cl)cccc2C1O. The van der Waals surface area contributed by atoms with E-state index in [1.54, 1.807) is 6.07 Å². The summed E-state index contributed by atoms with van der Waals surface area (Å²) in [6.45, 7) is 3.80. The number of aliphatic hydroxyl groups is 1. The van der Waals surface area contributed by atoms with Crippen molar-refractivity contribution in [2.45, 2.75) is 44.4 Å². The van der Waals surface area contributed by atoms with Gasteiger partial charge in [-0.1, -0.05) is 30.2 Å². The van der Waals surface area contributed by atoms with E-state index in [4.69, 9.17) is 16.3 Å². The number of hydrogen-bond acceptors (Lipinski definition) is 3. The summed E-state index contributed by atoms with van der Waals surface area (Å²) in [6, 6.07) is 6.14. The highest BCUT2D eigenvalue weighted by molar-refractivity contribution is 6.32. The van der Waals surface area contributed by atoms with Gasteiger partial charge in [-0.05, 0) is 32.4 Å². The lowest BCUT2D eigenvalue weighted by Gasteiger charge is -2.43. The molecule has 3 unspecified atom stereocenters. The summed E-state index contributed by atoms with van der Waals surface area (Å²) in [5.41, 5.74) is 0.821. The van der Waals surface area contributed by atoms with E-state index in [2.05, 4.69) is 11.8 Å². The fourth-order valence-electron chi connectivity index (χ4n) is 3.27. The third-order valence-corrected chi connectivity index (χ3v) is 4.66. The van der Waals surface area contributed by atoms with Gasteiger partial charge in [0.25, 0.3) is 0 Å². The first-order valence-electron chi connectivity index (χ1n) is 7.03. The molecule has 3 rings (SSSR count). The Bertz CT molecular complexity index is 465. The van der Waals surface area contributed by atoms with Gasteiger partial charge >= 0.3 is 0 Å². The summed E-state index contributed by atoms with van der Waals surface area (Å²) in [5.74, 6) is 0.651. The third-order valence-electron chi connectivity index (χ3n) is 4.36. The second-order valence-corrected chi connectivity index (χ2v) is 5.97. The Morgan fingerprint density at radius 1 is 1.37 bits per heavy atom. The topological polar surface area (TPSA) is 32.7 Å². The number of fused-ring (bicyclic) bond motifs is 1. The number of piperidine rings is 1. The lowest BCUT2D eigenvalue weighted by atomic mass is 9.93. The van der Waals surface area contributed by atoms with Crippen LogP contribution in [0.4, 0.5) is 0 Å². The summed E-state index contributed by atoms with van der Waals surface area (Å²) >= 11 is 6.12. The Kier molecular flexibility index (Phi) is 3.70. The first-order valence-corrected chi connectivity index (χ1v) is 7.41. The highest BCUT2D eigenvalue weighted by Crippen LogP contribution is 2.40. The van der Waals surface area contributed by atoms with Crippen molar-refractivity contribution in [1.82, 2.24) is 4.90 Å². The summed E-state index contributed by atoms with van der Waals surface area (Å²) in [5, 5.41) is 11.2. The maximum absolute atomic E-state index is 10.6. The van der Waals surface area contributed by atoms with Crippen LogP contribution in [0.15, 0.2) is 18.2 Å². The van der Waals surface area contributed by atoms with Crippen molar-refractivity contribution < 1.29 is 9.84 Å². The van der Waals surface area contributed by atoms with Crippen molar-refractivity contribution in [3.05, 3.63) is 28.8 Å². The van der Waals surface area contributed by atoms with E-state index >= 15 is 0 Å². The minimum Gasteiger partial charge on any atom is -0.490 e. The maximum Gasteiger partial charge on any atom is 0.143 e. The molecule has 1 N–H and O–H groups in total. The molecule has 4 heteroatoms. The molecule has 19 heavy (non-hydrogen) atoms. The zero-order valence-electron chi connectivity index (χ0n) is 11.2. The fraction of sp³-hybridized carbons (Fsp3) is 0.600. The number of likely N-dealkylation sites (tertiary alicyclic amines) is 1. The Balaban J connectivity index is 1.86. The van der Waals surface area contributed by atoms with E-state index in [-0.39, 0.29) is 6.04 Å². The van der Waals surface area contributed by atoms with Crippen molar-refractivity contribution in [2.24, 2.45) is 0 Å². The average molecular weight is 282 g/mol. The number of ether oxygens (including phenoxy) is 1. The maximum atomic E-state index is 10.6. The van der Waals surface area contributed by atoms with Gasteiger partial charge in [-0.3, -0.25) is 4.90 Å². The zero-order valence-corrected chi connectivity index (χ0v) is 11.9. The van der Waals surface area contributed by atoms with Gasteiger partial charge in [0.15, 0.2) is 0 Å². The fourth-order valence-corrected chi connectivity index (χ4v) is 3.50. The van der Waals surface area contributed by atoms with Crippen LogP contribution in [0.5, 0.6) is 5.75 Å². The molecule has 1 fully saturated rings. The molecular weight excluding hydrogens is 262 g/mol. The lowest BCUT2D eigenvalue weighted by molar-refractivity contribution is -0.0245. The van der Waals surface area contributed by atoms with Crippen molar-refractivity contribution in [2.75, 3.05) is 13.2 Å². The average Bonchev–Trinajstić information content (AvgIpc) is 2.41. The van der Waals surface area contributed by atoms with Gasteiger partial charge in [-0.15, -0.1) is 0 Å². The van der Waals surface area contributed by atoms with Crippen LogP contribution < -0.4 is 4.74 Å². The molecule has 0 spiro atoms. The Morgan fingerprint density at radius 3 is 3.00 bits per heavy atom. The van der Waals surface area contributed by atoms with Gasteiger partial charge in [-0.2, -0.15) is 0 Å². The molecular formula is C15H20ClNO2. The number of benzene rings is 1. The van der Waals surface area contributed by atoms with Crippen LogP contribution in [-0.4, -0.2) is 35.2 Å². The van der Waals surface area contributed by atoms with E-state index in [0.29, 0.717) is 23.4 Å². The van der Waals surface area contributed by atoms with Crippen LogP contribution in [0.3, 0.4) is 0 Å². The van der Waals surface area contributed by atoms with Gasteiger partial charge in [0.1, 0.15) is 18.5 Å². The molecule has 0 saturated carbocycles. The monoisotopic (exact) mass is 281 g/mol. The van der Waals surface area contributed by atoms with Crippen LogP contribution in [0.2, 0.25) is 5.02 Å². The van der Waals surface area contributed by atoms with E-state index in [1.807, 2.05) is 12.1 Å². The Hall–Kier alpha value is -0.770. The highest BCUT2D eigenvalue weighted by Gasteiger charge is 2.37. The van der Waals surface area contributed by atoms with E-state index in [1.165, 1.54) is 19.3 Å². The molecule has 2 aliphatic rings. The predicted molar refractivity (Wildman–Crippen MR) is 75.7 cm³/mol. The molecule has 1 saturated heterocycles. The standard InChI is InChI=1S/C15H20ClNO2/c1-10-5-2-3-8-17(10)13-9-19-15-11(14(13)18)6-4-7-12(15)16/h4,6-7,10,13-14,18H,2-3,5,8-9H2,1H3. The minimum absolute atomic E-state index is 0.0428. The van der Waals surface area contributed by atoms with Gasteiger partial charge < -0.3 is 9.84 Å². The summed E-state index contributed by atoms with van der Waals surface area (Å²) in [4.78, 5) is 2.39. The molecule has 2 heterocycles. The normalized spacial score (nSPS) is 31.6. The minimum atomic E-state index is -0.511. The van der Waals surface area contributed by atoms with Crippen LogP contribution in [0.1, 0.15) is 37.9 Å². The molecule has 3 nitrogen and oxygen atoms in total. The molecule has 0 amide bonds.